The van der Waals surface area contributed by atoms with Gasteiger partial charge in [-0.2, -0.15) is 13.2 Å². The molecular formula is C18H16F5N5O3. The Kier molecular flexibility index (Phi) is 5.95. The second kappa shape index (κ2) is 8.32. The highest BCUT2D eigenvalue weighted by Gasteiger charge is 2.52. The van der Waals surface area contributed by atoms with Crippen molar-refractivity contribution < 1.29 is 36.2 Å². The summed E-state index contributed by atoms with van der Waals surface area (Å²) in [6, 6.07) is 2.08. The van der Waals surface area contributed by atoms with Crippen molar-refractivity contribution in [2.24, 2.45) is 10.7 Å². The smallest absolute Gasteiger partial charge is 0.425 e. The molecule has 31 heavy (non-hydrogen) atoms. The zero-order chi connectivity index (χ0) is 22.8. The molecule has 2 unspecified atom stereocenters. The number of anilines is 1. The van der Waals surface area contributed by atoms with Crippen molar-refractivity contribution in [1.82, 2.24) is 9.97 Å². The number of nitrogens with one attached hydrogen (secondary N) is 1. The number of amidine groups is 1. The van der Waals surface area contributed by atoms with Crippen LogP contribution in [0.5, 0.6) is 5.88 Å². The molecule has 8 nitrogen and oxygen atoms in total. The number of carbonyl (C=O) groups excluding carboxylic acids is 1. The Bertz CT molecular complexity index is 999. The number of rotatable bonds is 5. The molecule has 1 amide bonds. The highest BCUT2D eigenvalue weighted by Crippen LogP contribution is 2.42. The van der Waals surface area contributed by atoms with E-state index in [9.17, 15) is 26.7 Å². The zero-order valence-electron chi connectivity index (χ0n) is 15.9. The molecule has 2 aromatic rings. The molecule has 3 N–H and O–H groups in total. The quantitative estimate of drug-likeness (QED) is 0.685. The van der Waals surface area contributed by atoms with E-state index in [1.807, 2.05) is 0 Å². The zero-order valence-corrected chi connectivity index (χ0v) is 15.9. The minimum Gasteiger partial charge on any atom is -0.480 e. The lowest BCUT2D eigenvalue weighted by molar-refractivity contribution is -0.209. The summed E-state index contributed by atoms with van der Waals surface area (Å²) in [5.74, 6) is -1.61. The van der Waals surface area contributed by atoms with Crippen molar-refractivity contribution in [1.29, 1.82) is 0 Å². The summed E-state index contributed by atoms with van der Waals surface area (Å²) in [6.07, 6.45) is -6.07. The van der Waals surface area contributed by atoms with Crippen molar-refractivity contribution in [2.75, 3.05) is 19.1 Å². The van der Waals surface area contributed by atoms with Gasteiger partial charge in [0.2, 0.25) is 5.88 Å². The van der Waals surface area contributed by atoms with Gasteiger partial charge in [-0.15, -0.1) is 0 Å². The predicted molar refractivity (Wildman–Crippen MR) is 97.8 cm³/mol. The first kappa shape index (κ1) is 22.2. The Balaban J connectivity index is 1.93. The Morgan fingerprint density at radius 1 is 1.35 bits per heavy atom. The first-order chi connectivity index (χ1) is 14.6. The van der Waals surface area contributed by atoms with Gasteiger partial charge >= 0.3 is 6.18 Å². The van der Waals surface area contributed by atoms with Crippen LogP contribution in [0.4, 0.5) is 27.6 Å². The number of aromatic nitrogens is 2. The average Bonchev–Trinajstić information content (AvgIpc) is 2.74. The summed E-state index contributed by atoms with van der Waals surface area (Å²) in [5, 5.41) is 2.39. The van der Waals surface area contributed by atoms with Crippen LogP contribution in [0, 0.1) is 5.82 Å². The van der Waals surface area contributed by atoms with Crippen LogP contribution in [0.3, 0.4) is 0 Å². The maximum absolute atomic E-state index is 14.5. The molecule has 0 bridgehead atoms. The molecule has 2 atom stereocenters. The van der Waals surface area contributed by atoms with Gasteiger partial charge in [-0.3, -0.25) is 4.79 Å². The van der Waals surface area contributed by atoms with Gasteiger partial charge in [0.25, 0.3) is 11.9 Å². The van der Waals surface area contributed by atoms with E-state index in [0.29, 0.717) is 0 Å². The number of ether oxygens (including phenoxy) is 2. The summed E-state index contributed by atoms with van der Waals surface area (Å²) < 4.78 is 77.3. The van der Waals surface area contributed by atoms with Crippen molar-refractivity contribution >= 4 is 17.6 Å². The fourth-order valence-corrected chi connectivity index (χ4v) is 2.98. The molecule has 166 valence electrons. The van der Waals surface area contributed by atoms with Crippen molar-refractivity contribution in [3.8, 4) is 5.88 Å². The Hall–Kier alpha value is -3.51. The number of carbonyl (C=O) groups is 1. The number of amides is 1. The van der Waals surface area contributed by atoms with E-state index in [1.54, 1.807) is 0 Å². The highest BCUT2D eigenvalue weighted by atomic mass is 19.4. The van der Waals surface area contributed by atoms with Crippen LogP contribution < -0.4 is 15.8 Å². The summed E-state index contributed by atoms with van der Waals surface area (Å²) in [7, 11) is 1.36. The van der Waals surface area contributed by atoms with Crippen LogP contribution >= 0.6 is 0 Å². The standard InChI is InChI=1S/C18H16F5N5O3/c1-30-14-7-25-12(6-26-14)15(29)27-9-2-3-11(20)10(4-9)17(8-19)5-13(18(21,22)23)31-16(24)28-17/h2-4,6-7,13H,5,8H2,1H3,(H2,24,28)(H,27,29). The number of aliphatic imine (C=N–C) groups is 1. The number of halogens is 5. The molecule has 2 heterocycles. The molecular weight excluding hydrogens is 429 g/mol. The van der Waals surface area contributed by atoms with E-state index < -0.39 is 54.2 Å². The van der Waals surface area contributed by atoms with E-state index in [2.05, 4.69) is 25.0 Å². The van der Waals surface area contributed by atoms with Crippen LogP contribution in [0.15, 0.2) is 35.6 Å². The predicted octanol–water partition coefficient (Wildman–Crippen LogP) is 2.71. The van der Waals surface area contributed by atoms with E-state index >= 15 is 0 Å². The van der Waals surface area contributed by atoms with Crippen LogP contribution in [0.2, 0.25) is 0 Å². The number of nitrogens with zero attached hydrogens (tertiary/aromatic N) is 3. The lowest BCUT2D eigenvalue weighted by atomic mass is 9.84. The van der Waals surface area contributed by atoms with Gasteiger partial charge in [0.1, 0.15) is 23.7 Å². The lowest BCUT2D eigenvalue weighted by Gasteiger charge is -2.36. The number of hydrogen-bond acceptors (Lipinski definition) is 7. The average molecular weight is 445 g/mol. The number of nitrogens with two attached hydrogens (primary N) is 1. The largest absolute Gasteiger partial charge is 0.480 e. The van der Waals surface area contributed by atoms with Crippen LogP contribution in [0.25, 0.3) is 0 Å². The summed E-state index contributed by atoms with van der Waals surface area (Å²) in [4.78, 5) is 23.6. The fraction of sp³-hybridized carbons (Fsp3) is 0.333. The van der Waals surface area contributed by atoms with Crippen LogP contribution in [0.1, 0.15) is 22.5 Å². The minimum atomic E-state index is -4.88. The van der Waals surface area contributed by atoms with Crippen molar-refractivity contribution in [3.63, 3.8) is 0 Å². The van der Waals surface area contributed by atoms with Crippen LogP contribution in [-0.2, 0) is 10.3 Å². The number of alkyl halides is 4. The van der Waals surface area contributed by atoms with Crippen LogP contribution in [-0.4, -0.2) is 48.0 Å². The normalized spacial score (nSPS) is 21.1. The minimum absolute atomic E-state index is 0.0318. The number of benzene rings is 1. The first-order valence-electron chi connectivity index (χ1n) is 8.70. The van der Waals surface area contributed by atoms with E-state index in [0.717, 1.165) is 24.4 Å². The third-order valence-electron chi connectivity index (χ3n) is 4.49. The highest BCUT2D eigenvalue weighted by molar-refractivity contribution is 6.02. The van der Waals surface area contributed by atoms with Gasteiger partial charge in [-0.25, -0.2) is 23.7 Å². The molecule has 1 aliphatic rings. The molecule has 1 aromatic heterocycles. The molecule has 0 aliphatic carbocycles. The first-order valence-corrected chi connectivity index (χ1v) is 8.70. The van der Waals surface area contributed by atoms with Gasteiger partial charge in [-0.05, 0) is 18.2 Å². The SMILES string of the molecule is COc1cnc(C(=O)Nc2ccc(F)c(C3(CF)CC(C(F)(F)F)OC(N)=N3)c2)cn1. The van der Waals surface area contributed by atoms with E-state index in [-0.39, 0.29) is 17.3 Å². The van der Waals surface area contributed by atoms with Gasteiger partial charge in [0, 0.05) is 17.7 Å². The summed E-state index contributed by atoms with van der Waals surface area (Å²) in [5.41, 5.74) is 2.37. The molecule has 0 saturated carbocycles. The summed E-state index contributed by atoms with van der Waals surface area (Å²) in [6.45, 7) is -1.48. The monoisotopic (exact) mass is 445 g/mol. The molecule has 0 spiro atoms. The summed E-state index contributed by atoms with van der Waals surface area (Å²) >= 11 is 0. The van der Waals surface area contributed by atoms with Crippen molar-refractivity contribution in [3.05, 3.63) is 47.7 Å². The molecule has 0 saturated heterocycles. The lowest BCUT2D eigenvalue weighted by Crippen LogP contribution is -2.48. The molecule has 0 radical (unpaired) electrons. The maximum atomic E-state index is 14.5. The van der Waals surface area contributed by atoms with E-state index in [4.69, 9.17) is 10.5 Å². The third-order valence-corrected chi connectivity index (χ3v) is 4.49. The van der Waals surface area contributed by atoms with E-state index in [1.165, 1.54) is 13.3 Å². The Morgan fingerprint density at radius 2 is 2.10 bits per heavy atom. The number of hydrogen-bond donors (Lipinski definition) is 2. The molecule has 0 fully saturated rings. The molecule has 1 aliphatic heterocycles. The second-order valence-electron chi connectivity index (χ2n) is 6.56. The third kappa shape index (κ3) is 4.64. The van der Waals surface area contributed by atoms with Crippen molar-refractivity contribution in [2.45, 2.75) is 24.2 Å². The maximum Gasteiger partial charge on any atom is 0.425 e. The molecule has 3 rings (SSSR count). The topological polar surface area (TPSA) is 112 Å². The Morgan fingerprint density at radius 3 is 2.68 bits per heavy atom. The molecule has 1 aromatic carbocycles. The van der Waals surface area contributed by atoms with Gasteiger partial charge in [0.15, 0.2) is 6.10 Å². The number of methoxy groups -OCH3 is 1. The van der Waals surface area contributed by atoms with Gasteiger partial charge < -0.3 is 20.5 Å². The Labute approximate surface area is 172 Å². The second-order valence-corrected chi connectivity index (χ2v) is 6.56. The molecule has 13 heteroatoms. The fourth-order valence-electron chi connectivity index (χ4n) is 2.98. The van der Waals surface area contributed by atoms with Gasteiger partial charge in [-0.1, -0.05) is 0 Å². The van der Waals surface area contributed by atoms with Gasteiger partial charge in [0.05, 0.1) is 19.5 Å².